The molecule has 1 saturated heterocycles. The van der Waals surface area contributed by atoms with Crippen LogP contribution in [0.3, 0.4) is 0 Å². The molecule has 1 aliphatic rings. The van der Waals surface area contributed by atoms with Gasteiger partial charge in [0.1, 0.15) is 17.7 Å². The number of amides is 1. The number of sulfonamides is 1. The number of aryl methyl sites for hydroxylation is 1. The van der Waals surface area contributed by atoms with Crippen LogP contribution in [0.2, 0.25) is 0 Å². The van der Waals surface area contributed by atoms with Crippen molar-refractivity contribution in [3.05, 3.63) is 83.3 Å². The van der Waals surface area contributed by atoms with Gasteiger partial charge in [0.05, 0.1) is 17.7 Å². The summed E-state index contributed by atoms with van der Waals surface area (Å²) >= 11 is 0. The molecule has 7 nitrogen and oxygen atoms in total. The second-order valence-electron chi connectivity index (χ2n) is 8.06. The van der Waals surface area contributed by atoms with E-state index in [9.17, 15) is 22.0 Å². The van der Waals surface area contributed by atoms with Crippen LogP contribution in [0.15, 0.2) is 64.1 Å². The SMILES string of the molecule is Cc1ccc(S(=O)(=O)NCc2ccco2)cc1C(=O)N1CCC(Oc2ccc(F)cc2F)CC1. The number of carbonyl (C=O) groups is 1. The van der Waals surface area contributed by atoms with Crippen LogP contribution in [-0.4, -0.2) is 38.4 Å². The van der Waals surface area contributed by atoms with Gasteiger partial charge in [-0.2, -0.15) is 0 Å². The Morgan fingerprint density at radius 2 is 1.91 bits per heavy atom. The number of hydrogen-bond donors (Lipinski definition) is 1. The lowest BCUT2D eigenvalue weighted by Crippen LogP contribution is -2.42. The third-order valence-electron chi connectivity index (χ3n) is 5.68. The average Bonchev–Trinajstić information content (AvgIpc) is 3.34. The van der Waals surface area contributed by atoms with Gasteiger partial charge in [0.15, 0.2) is 11.6 Å². The number of rotatable bonds is 7. The van der Waals surface area contributed by atoms with Gasteiger partial charge >= 0.3 is 0 Å². The Balaban J connectivity index is 1.41. The van der Waals surface area contributed by atoms with Gasteiger partial charge in [-0.25, -0.2) is 21.9 Å². The molecule has 10 heteroatoms. The molecule has 1 fully saturated rings. The number of benzene rings is 2. The van der Waals surface area contributed by atoms with Crippen molar-refractivity contribution < 1.29 is 31.1 Å². The molecule has 3 aromatic rings. The topological polar surface area (TPSA) is 88.8 Å². The van der Waals surface area contributed by atoms with Gasteiger partial charge in [0, 0.05) is 37.6 Å². The van der Waals surface area contributed by atoms with Crippen molar-refractivity contribution in [3.63, 3.8) is 0 Å². The normalized spacial score (nSPS) is 14.9. The summed E-state index contributed by atoms with van der Waals surface area (Å²) in [5, 5.41) is 0. The smallest absolute Gasteiger partial charge is 0.254 e. The molecule has 0 atom stereocenters. The van der Waals surface area contributed by atoms with E-state index in [4.69, 9.17) is 9.15 Å². The molecule has 1 aromatic heterocycles. The highest BCUT2D eigenvalue weighted by atomic mass is 32.2. The second-order valence-corrected chi connectivity index (χ2v) is 9.83. The van der Waals surface area contributed by atoms with E-state index in [1.54, 1.807) is 30.0 Å². The van der Waals surface area contributed by atoms with Crippen LogP contribution in [0, 0.1) is 18.6 Å². The van der Waals surface area contributed by atoms with E-state index in [0.29, 0.717) is 42.8 Å². The minimum atomic E-state index is -3.85. The third kappa shape index (κ3) is 5.45. The van der Waals surface area contributed by atoms with Gasteiger partial charge in [-0.05, 0) is 48.9 Å². The van der Waals surface area contributed by atoms with Crippen molar-refractivity contribution in [2.24, 2.45) is 0 Å². The Kier molecular flexibility index (Phi) is 6.99. The number of carbonyl (C=O) groups excluding carboxylic acids is 1. The molecule has 1 amide bonds. The molecule has 2 heterocycles. The highest BCUT2D eigenvalue weighted by Gasteiger charge is 2.27. The summed E-state index contributed by atoms with van der Waals surface area (Å²) in [4.78, 5) is 14.8. The molecule has 34 heavy (non-hydrogen) atoms. The fourth-order valence-corrected chi connectivity index (χ4v) is 4.78. The number of piperidine rings is 1. The van der Waals surface area contributed by atoms with Crippen molar-refractivity contribution >= 4 is 15.9 Å². The van der Waals surface area contributed by atoms with Crippen molar-refractivity contribution in [1.82, 2.24) is 9.62 Å². The zero-order chi connectivity index (χ0) is 24.3. The molecular weight excluding hydrogens is 466 g/mol. The predicted molar refractivity (Wildman–Crippen MR) is 120 cm³/mol. The number of halogens is 2. The Morgan fingerprint density at radius 3 is 2.59 bits per heavy atom. The van der Waals surface area contributed by atoms with Gasteiger partial charge in [-0.1, -0.05) is 6.07 Å². The average molecular weight is 491 g/mol. The summed E-state index contributed by atoms with van der Waals surface area (Å²) in [6.07, 6.45) is 2.06. The maximum Gasteiger partial charge on any atom is 0.254 e. The van der Waals surface area contributed by atoms with Crippen LogP contribution in [0.4, 0.5) is 8.78 Å². The molecule has 0 aliphatic carbocycles. The maximum atomic E-state index is 13.9. The van der Waals surface area contributed by atoms with E-state index in [-0.39, 0.29) is 29.2 Å². The summed E-state index contributed by atoms with van der Waals surface area (Å²) in [5.41, 5.74) is 0.951. The van der Waals surface area contributed by atoms with Gasteiger partial charge in [0.2, 0.25) is 10.0 Å². The predicted octanol–water partition coefficient (Wildman–Crippen LogP) is 4.03. The molecular formula is C24H24F2N2O5S. The Labute approximate surface area is 196 Å². The summed E-state index contributed by atoms with van der Waals surface area (Å²) in [5.74, 6) is -1.29. The zero-order valence-electron chi connectivity index (χ0n) is 18.5. The number of ether oxygens (including phenoxy) is 1. The fraction of sp³-hybridized carbons (Fsp3) is 0.292. The third-order valence-corrected chi connectivity index (χ3v) is 7.08. The van der Waals surface area contributed by atoms with E-state index < -0.39 is 21.7 Å². The van der Waals surface area contributed by atoms with Crippen molar-refractivity contribution in [3.8, 4) is 5.75 Å². The maximum absolute atomic E-state index is 13.9. The minimum Gasteiger partial charge on any atom is -0.487 e. The molecule has 0 saturated carbocycles. The first-order chi connectivity index (χ1) is 16.2. The summed E-state index contributed by atoms with van der Waals surface area (Å²) in [6, 6.07) is 10.9. The van der Waals surface area contributed by atoms with Crippen LogP contribution in [0.25, 0.3) is 0 Å². The monoisotopic (exact) mass is 490 g/mol. The molecule has 1 N–H and O–H groups in total. The highest BCUT2D eigenvalue weighted by molar-refractivity contribution is 7.89. The van der Waals surface area contributed by atoms with Gasteiger partial charge in [-0.3, -0.25) is 4.79 Å². The summed E-state index contributed by atoms with van der Waals surface area (Å²) < 4.78 is 65.6. The number of nitrogens with one attached hydrogen (secondary N) is 1. The van der Waals surface area contributed by atoms with Crippen molar-refractivity contribution in [2.45, 2.75) is 37.3 Å². The summed E-state index contributed by atoms with van der Waals surface area (Å²) in [6.45, 7) is 2.46. The van der Waals surface area contributed by atoms with Gasteiger partial charge in [0.25, 0.3) is 5.91 Å². The molecule has 180 valence electrons. The molecule has 0 radical (unpaired) electrons. The van der Waals surface area contributed by atoms with Crippen LogP contribution in [0.1, 0.15) is 34.5 Å². The standard InChI is InChI=1S/C24H24F2N2O5S/c1-16-4-6-20(34(30,31)27-15-19-3-2-12-32-19)14-21(16)24(29)28-10-8-18(9-11-28)33-23-7-5-17(25)13-22(23)26/h2-7,12-14,18,27H,8-11,15H2,1H3. The van der Waals surface area contributed by atoms with Crippen LogP contribution >= 0.6 is 0 Å². The van der Waals surface area contributed by atoms with Gasteiger partial charge < -0.3 is 14.1 Å². The molecule has 0 unspecified atom stereocenters. The van der Waals surface area contributed by atoms with E-state index in [0.717, 1.165) is 12.1 Å². The minimum absolute atomic E-state index is 0.00530. The highest BCUT2D eigenvalue weighted by Crippen LogP contribution is 2.25. The van der Waals surface area contributed by atoms with Crippen LogP contribution < -0.4 is 9.46 Å². The first-order valence-corrected chi connectivity index (χ1v) is 12.2. The molecule has 4 rings (SSSR count). The second kappa shape index (κ2) is 9.94. The molecule has 2 aromatic carbocycles. The first-order valence-electron chi connectivity index (χ1n) is 10.8. The first kappa shape index (κ1) is 23.9. The zero-order valence-corrected chi connectivity index (χ0v) is 19.3. The number of furan rings is 1. The fourth-order valence-electron chi connectivity index (χ4n) is 3.76. The van der Waals surface area contributed by atoms with E-state index in [2.05, 4.69) is 4.72 Å². The Morgan fingerprint density at radius 1 is 1.15 bits per heavy atom. The van der Waals surface area contributed by atoms with Crippen LogP contribution in [0.5, 0.6) is 5.75 Å². The lowest BCUT2D eigenvalue weighted by Gasteiger charge is -2.32. The Bertz CT molecular complexity index is 1270. The number of nitrogens with zero attached hydrogens (tertiary/aromatic N) is 1. The molecule has 1 aliphatic heterocycles. The van der Waals surface area contributed by atoms with E-state index in [1.807, 2.05) is 0 Å². The van der Waals surface area contributed by atoms with Crippen molar-refractivity contribution in [2.75, 3.05) is 13.1 Å². The van der Waals surface area contributed by atoms with Crippen molar-refractivity contribution in [1.29, 1.82) is 0 Å². The lowest BCUT2D eigenvalue weighted by atomic mass is 10.0. The van der Waals surface area contributed by atoms with E-state index in [1.165, 1.54) is 24.5 Å². The summed E-state index contributed by atoms with van der Waals surface area (Å²) in [7, 11) is -3.85. The molecule has 0 bridgehead atoms. The van der Waals surface area contributed by atoms with Crippen LogP contribution in [-0.2, 0) is 16.6 Å². The van der Waals surface area contributed by atoms with Gasteiger partial charge in [-0.15, -0.1) is 0 Å². The van der Waals surface area contributed by atoms with E-state index >= 15 is 0 Å². The quantitative estimate of drug-likeness (QED) is 0.540. The number of hydrogen-bond acceptors (Lipinski definition) is 5. The Hall–Kier alpha value is -3.24. The largest absolute Gasteiger partial charge is 0.487 e. The number of likely N-dealkylation sites (tertiary alicyclic amines) is 1. The molecule has 0 spiro atoms. The lowest BCUT2D eigenvalue weighted by molar-refractivity contribution is 0.0587.